The van der Waals surface area contributed by atoms with E-state index >= 15 is 0 Å². The molecular weight excluding hydrogens is 364 g/mol. The minimum absolute atomic E-state index is 0.0702. The Kier molecular flexibility index (Phi) is 6.09. The van der Waals surface area contributed by atoms with E-state index in [1.54, 1.807) is 4.90 Å². The molecule has 0 aliphatic carbocycles. The van der Waals surface area contributed by atoms with Crippen LogP contribution in [0.1, 0.15) is 24.8 Å². The molecule has 0 bridgehead atoms. The molecule has 2 fully saturated rings. The Morgan fingerprint density at radius 1 is 1.17 bits per heavy atom. The molecule has 29 heavy (non-hydrogen) atoms. The highest BCUT2D eigenvalue weighted by Crippen LogP contribution is 2.22. The van der Waals surface area contributed by atoms with Crippen LogP contribution >= 0.6 is 0 Å². The average molecular weight is 390 g/mol. The van der Waals surface area contributed by atoms with Crippen LogP contribution in [0.25, 0.3) is 0 Å². The lowest BCUT2D eigenvalue weighted by Crippen LogP contribution is -2.45. The van der Waals surface area contributed by atoms with E-state index in [0.29, 0.717) is 6.54 Å². The molecular formula is C23H26N4O2. The second-order valence-electron chi connectivity index (χ2n) is 7.65. The summed E-state index contributed by atoms with van der Waals surface area (Å²) in [7, 11) is 0. The Labute approximate surface area is 171 Å². The van der Waals surface area contributed by atoms with Crippen LogP contribution in [0.5, 0.6) is 11.5 Å². The van der Waals surface area contributed by atoms with E-state index in [2.05, 4.69) is 28.8 Å². The van der Waals surface area contributed by atoms with Crippen molar-refractivity contribution < 1.29 is 9.53 Å². The largest absolute Gasteiger partial charge is 0.457 e. The number of rotatable bonds is 6. The normalized spacial score (nSPS) is 23.7. The zero-order valence-corrected chi connectivity index (χ0v) is 16.4. The van der Waals surface area contributed by atoms with Gasteiger partial charge < -0.3 is 20.3 Å². The van der Waals surface area contributed by atoms with Gasteiger partial charge in [0.25, 0.3) is 0 Å². The van der Waals surface area contributed by atoms with Crippen LogP contribution in [0.15, 0.2) is 54.6 Å². The first-order chi connectivity index (χ1) is 14.2. The van der Waals surface area contributed by atoms with Gasteiger partial charge in [-0.05, 0) is 49.1 Å². The van der Waals surface area contributed by atoms with Gasteiger partial charge in [-0.15, -0.1) is 0 Å². The van der Waals surface area contributed by atoms with E-state index in [1.807, 2.05) is 42.5 Å². The number of para-hydroxylation sites is 1. The third kappa shape index (κ3) is 4.76. The summed E-state index contributed by atoms with van der Waals surface area (Å²) in [6.45, 7) is 2.20. The number of hydrogen-bond acceptors (Lipinski definition) is 5. The van der Waals surface area contributed by atoms with Gasteiger partial charge in [-0.2, -0.15) is 5.26 Å². The maximum absolute atomic E-state index is 12.7. The van der Waals surface area contributed by atoms with Crippen molar-refractivity contribution in [2.24, 2.45) is 0 Å². The quantitative estimate of drug-likeness (QED) is 0.793. The highest BCUT2D eigenvalue weighted by molar-refractivity contribution is 5.83. The van der Waals surface area contributed by atoms with Crippen molar-refractivity contribution in [3.63, 3.8) is 0 Å². The van der Waals surface area contributed by atoms with E-state index in [9.17, 15) is 10.1 Å². The molecule has 0 aromatic heterocycles. The number of benzene rings is 2. The minimum atomic E-state index is -0.257. The Bertz CT molecular complexity index is 863. The number of nitrogens with zero attached hydrogens (tertiary/aromatic N) is 2. The van der Waals surface area contributed by atoms with E-state index in [-0.39, 0.29) is 24.0 Å². The summed E-state index contributed by atoms with van der Waals surface area (Å²) < 4.78 is 5.82. The highest BCUT2D eigenvalue weighted by atomic mass is 16.5. The summed E-state index contributed by atoms with van der Waals surface area (Å²) in [5.41, 5.74) is 1.17. The number of carbonyl (C=O) groups excluding carboxylic acids is 1. The van der Waals surface area contributed by atoms with E-state index in [1.165, 1.54) is 5.56 Å². The summed E-state index contributed by atoms with van der Waals surface area (Å²) in [5, 5.41) is 16.1. The van der Waals surface area contributed by atoms with Gasteiger partial charge in [0.2, 0.25) is 5.91 Å². The number of likely N-dealkylation sites (tertiary alicyclic amines) is 1. The van der Waals surface area contributed by atoms with Crippen LogP contribution < -0.4 is 15.4 Å². The smallest absolute Gasteiger partial charge is 0.240 e. The van der Waals surface area contributed by atoms with Crippen molar-refractivity contribution in [3.8, 4) is 17.6 Å². The van der Waals surface area contributed by atoms with E-state index in [4.69, 9.17) is 4.74 Å². The van der Waals surface area contributed by atoms with Crippen LogP contribution in [-0.4, -0.2) is 42.0 Å². The number of ether oxygens (including phenoxy) is 1. The topological polar surface area (TPSA) is 77.4 Å². The van der Waals surface area contributed by atoms with Crippen molar-refractivity contribution in [1.82, 2.24) is 15.5 Å². The van der Waals surface area contributed by atoms with Gasteiger partial charge in [0, 0.05) is 25.7 Å². The minimum Gasteiger partial charge on any atom is -0.457 e. The summed E-state index contributed by atoms with van der Waals surface area (Å²) in [5.74, 6) is 1.70. The molecule has 4 rings (SSSR count). The predicted molar refractivity (Wildman–Crippen MR) is 110 cm³/mol. The van der Waals surface area contributed by atoms with Gasteiger partial charge in [0.15, 0.2) is 0 Å². The Hall–Kier alpha value is -2.88. The molecule has 3 atom stereocenters. The molecule has 2 aliphatic rings. The number of amides is 1. The molecule has 2 saturated heterocycles. The average Bonchev–Trinajstić information content (AvgIpc) is 3.43. The van der Waals surface area contributed by atoms with E-state index in [0.717, 1.165) is 43.9 Å². The van der Waals surface area contributed by atoms with Gasteiger partial charge >= 0.3 is 0 Å². The summed E-state index contributed by atoms with van der Waals surface area (Å²) >= 11 is 0. The molecule has 0 spiro atoms. The Balaban J connectivity index is 1.25. The molecule has 2 aromatic carbocycles. The van der Waals surface area contributed by atoms with Gasteiger partial charge in [-0.3, -0.25) is 4.79 Å². The second-order valence-corrected chi connectivity index (χ2v) is 7.65. The lowest BCUT2D eigenvalue weighted by molar-refractivity contribution is -0.133. The molecule has 0 radical (unpaired) electrons. The molecule has 2 aliphatic heterocycles. The fourth-order valence-corrected chi connectivity index (χ4v) is 4.01. The first-order valence-corrected chi connectivity index (χ1v) is 10.2. The first kappa shape index (κ1) is 19.4. The SMILES string of the molecule is N#CC1CCCN1C(=O)[C@@H]1C[C@H](NCc2ccc(Oc3ccccc3)cc2)CN1. The van der Waals surface area contributed by atoms with Crippen LogP contribution in [-0.2, 0) is 11.3 Å². The standard InChI is InChI=1S/C23H26N4O2/c24-14-19-5-4-12-27(19)23(28)22-13-18(16-26-22)25-15-17-8-10-21(11-9-17)29-20-6-2-1-3-7-20/h1-3,6-11,18-19,22,25-26H,4-5,12-13,15-16H2/t18-,19?,22-/m0/s1. The lowest BCUT2D eigenvalue weighted by atomic mass is 10.1. The van der Waals surface area contributed by atoms with Crippen molar-refractivity contribution in [1.29, 1.82) is 5.26 Å². The van der Waals surface area contributed by atoms with Crippen LogP contribution in [0.4, 0.5) is 0 Å². The summed E-state index contributed by atoms with van der Waals surface area (Å²) in [6, 6.07) is 19.8. The third-order valence-electron chi connectivity index (χ3n) is 5.61. The molecule has 0 saturated carbocycles. The zero-order valence-electron chi connectivity index (χ0n) is 16.4. The molecule has 150 valence electrons. The van der Waals surface area contributed by atoms with Gasteiger partial charge in [-0.25, -0.2) is 0 Å². The lowest BCUT2D eigenvalue weighted by Gasteiger charge is -2.23. The number of carbonyl (C=O) groups is 1. The third-order valence-corrected chi connectivity index (χ3v) is 5.61. The van der Waals surface area contributed by atoms with Crippen LogP contribution in [0.3, 0.4) is 0 Å². The summed E-state index contributed by atoms with van der Waals surface area (Å²) in [6.07, 6.45) is 2.46. The van der Waals surface area contributed by atoms with E-state index < -0.39 is 0 Å². The Morgan fingerprint density at radius 3 is 2.69 bits per heavy atom. The highest BCUT2D eigenvalue weighted by Gasteiger charge is 2.36. The second kappa shape index (κ2) is 9.08. The fourth-order valence-electron chi connectivity index (χ4n) is 4.01. The molecule has 6 heteroatoms. The number of nitriles is 1. The fraction of sp³-hybridized carbons (Fsp3) is 0.391. The Morgan fingerprint density at radius 2 is 1.93 bits per heavy atom. The maximum Gasteiger partial charge on any atom is 0.240 e. The van der Waals surface area contributed by atoms with Gasteiger partial charge in [0.1, 0.15) is 17.5 Å². The van der Waals surface area contributed by atoms with Crippen LogP contribution in [0.2, 0.25) is 0 Å². The van der Waals surface area contributed by atoms with Crippen molar-refractivity contribution in [2.45, 2.75) is 43.9 Å². The number of nitrogens with one attached hydrogen (secondary N) is 2. The van der Waals surface area contributed by atoms with Gasteiger partial charge in [0.05, 0.1) is 12.1 Å². The maximum atomic E-state index is 12.7. The first-order valence-electron chi connectivity index (χ1n) is 10.2. The molecule has 2 heterocycles. The van der Waals surface area contributed by atoms with Crippen molar-refractivity contribution in [3.05, 3.63) is 60.2 Å². The summed E-state index contributed by atoms with van der Waals surface area (Å²) in [4.78, 5) is 14.4. The van der Waals surface area contributed by atoms with Crippen molar-refractivity contribution >= 4 is 5.91 Å². The van der Waals surface area contributed by atoms with Crippen molar-refractivity contribution in [2.75, 3.05) is 13.1 Å². The van der Waals surface area contributed by atoms with Crippen LogP contribution in [0, 0.1) is 11.3 Å². The number of hydrogen-bond donors (Lipinski definition) is 2. The monoisotopic (exact) mass is 390 g/mol. The molecule has 1 amide bonds. The molecule has 2 N–H and O–H groups in total. The molecule has 1 unspecified atom stereocenters. The van der Waals surface area contributed by atoms with Gasteiger partial charge in [-0.1, -0.05) is 30.3 Å². The molecule has 2 aromatic rings. The molecule has 6 nitrogen and oxygen atoms in total. The zero-order chi connectivity index (χ0) is 20.1. The predicted octanol–water partition coefficient (Wildman–Crippen LogP) is 2.81.